The number of furan rings is 1. The van der Waals surface area contributed by atoms with Gasteiger partial charge in [0.1, 0.15) is 11.5 Å². The first-order valence-corrected chi connectivity index (χ1v) is 9.68. The first-order chi connectivity index (χ1) is 11.1. The predicted molar refractivity (Wildman–Crippen MR) is 93.9 cm³/mol. The second-order valence-electron chi connectivity index (χ2n) is 6.22. The quantitative estimate of drug-likeness (QED) is 0.900. The SMILES string of the molecule is Cc1ccc([C@@H](NC(=O)c2cc(C)oc2C)[C@@H](C)S(C)(=O)=O)cc1. The van der Waals surface area contributed by atoms with Gasteiger partial charge in [0.25, 0.3) is 5.91 Å². The molecule has 2 aromatic rings. The monoisotopic (exact) mass is 349 g/mol. The van der Waals surface area contributed by atoms with Crippen LogP contribution in [-0.4, -0.2) is 25.8 Å². The smallest absolute Gasteiger partial charge is 0.255 e. The summed E-state index contributed by atoms with van der Waals surface area (Å²) in [5.41, 5.74) is 2.24. The number of benzene rings is 1. The number of nitrogens with one attached hydrogen (secondary N) is 1. The number of hydrogen-bond acceptors (Lipinski definition) is 4. The first-order valence-electron chi connectivity index (χ1n) is 7.73. The fraction of sp³-hybridized carbons (Fsp3) is 0.389. The lowest BCUT2D eigenvalue weighted by Gasteiger charge is -2.24. The summed E-state index contributed by atoms with van der Waals surface area (Å²) in [6, 6.07) is 8.50. The zero-order chi connectivity index (χ0) is 18.1. The van der Waals surface area contributed by atoms with Gasteiger partial charge in [-0.1, -0.05) is 29.8 Å². The van der Waals surface area contributed by atoms with Crippen molar-refractivity contribution in [3.63, 3.8) is 0 Å². The fourth-order valence-electron chi connectivity index (χ4n) is 2.57. The van der Waals surface area contributed by atoms with Crippen molar-refractivity contribution in [2.45, 2.75) is 39.0 Å². The minimum Gasteiger partial charge on any atom is -0.466 e. The number of hydrogen-bond donors (Lipinski definition) is 1. The van der Waals surface area contributed by atoms with E-state index in [4.69, 9.17) is 4.42 Å². The molecule has 0 saturated heterocycles. The molecule has 1 amide bonds. The van der Waals surface area contributed by atoms with Gasteiger partial charge in [0.15, 0.2) is 9.84 Å². The summed E-state index contributed by atoms with van der Waals surface area (Å²) in [6.07, 6.45) is 1.18. The zero-order valence-corrected chi connectivity index (χ0v) is 15.4. The molecule has 2 atom stereocenters. The number of amides is 1. The third-order valence-corrected chi connectivity index (χ3v) is 5.78. The lowest BCUT2D eigenvalue weighted by atomic mass is 10.0. The molecule has 0 unspecified atom stereocenters. The van der Waals surface area contributed by atoms with Gasteiger partial charge in [-0.25, -0.2) is 8.42 Å². The van der Waals surface area contributed by atoms with Crippen molar-refractivity contribution in [3.8, 4) is 0 Å². The second kappa shape index (κ2) is 6.81. The zero-order valence-electron chi connectivity index (χ0n) is 14.6. The molecule has 0 spiro atoms. The number of aryl methyl sites for hydroxylation is 3. The van der Waals surface area contributed by atoms with E-state index in [9.17, 15) is 13.2 Å². The van der Waals surface area contributed by atoms with Crippen molar-refractivity contribution in [2.75, 3.05) is 6.26 Å². The molecule has 0 aliphatic carbocycles. The Labute approximate surface area is 143 Å². The first kappa shape index (κ1) is 18.3. The van der Waals surface area contributed by atoms with Crippen LogP contribution in [0.1, 0.15) is 46.0 Å². The molecule has 0 saturated carbocycles. The van der Waals surface area contributed by atoms with Crippen LogP contribution in [0.5, 0.6) is 0 Å². The molecule has 5 nitrogen and oxygen atoms in total. The van der Waals surface area contributed by atoms with Crippen molar-refractivity contribution in [3.05, 3.63) is 58.5 Å². The van der Waals surface area contributed by atoms with Crippen LogP contribution >= 0.6 is 0 Å². The average molecular weight is 349 g/mol. The molecule has 0 bridgehead atoms. The molecule has 6 heteroatoms. The van der Waals surface area contributed by atoms with Crippen LogP contribution in [0, 0.1) is 20.8 Å². The van der Waals surface area contributed by atoms with Crippen LogP contribution < -0.4 is 5.32 Å². The summed E-state index contributed by atoms with van der Waals surface area (Å²) >= 11 is 0. The molecule has 0 aliphatic heterocycles. The van der Waals surface area contributed by atoms with Crippen LogP contribution in [0.4, 0.5) is 0 Å². The minimum atomic E-state index is -3.33. The summed E-state index contributed by atoms with van der Waals surface area (Å²) in [6.45, 7) is 7.03. The Morgan fingerprint density at radius 1 is 1.12 bits per heavy atom. The van der Waals surface area contributed by atoms with Gasteiger partial charge in [0.2, 0.25) is 0 Å². The molecule has 1 N–H and O–H groups in total. The number of carbonyl (C=O) groups is 1. The maximum absolute atomic E-state index is 12.6. The topological polar surface area (TPSA) is 76.4 Å². The van der Waals surface area contributed by atoms with Crippen molar-refractivity contribution in [1.29, 1.82) is 0 Å². The van der Waals surface area contributed by atoms with Gasteiger partial charge in [-0.05, 0) is 39.3 Å². The Morgan fingerprint density at radius 3 is 2.17 bits per heavy atom. The van der Waals surface area contributed by atoms with Crippen LogP contribution in [-0.2, 0) is 9.84 Å². The van der Waals surface area contributed by atoms with Crippen molar-refractivity contribution < 1.29 is 17.6 Å². The van der Waals surface area contributed by atoms with Gasteiger partial charge >= 0.3 is 0 Å². The van der Waals surface area contributed by atoms with Gasteiger partial charge in [0.05, 0.1) is 16.9 Å². The molecular weight excluding hydrogens is 326 g/mol. The summed E-state index contributed by atoms with van der Waals surface area (Å²) in [4.78, 5) is 12.6. The van der Waals surface area contributed by atoms with E-state index in [1.807, 2.05) is 31.2 Å². The van der Waals surface area contributed by atoms with Crippen LogP contribution in [0.25, 0.3) is 0 Å². The van der Waals surface area contributed by atoms with E-state index in [1.54, 1.807) is 26.8 Å². The summed E-state index contributed by atoms with van der Waals surface area (Å²) < 4.78 is 29.5. The van der Waals surface area contributed by atoms with Crippen LogP contribution in [0.15, 0.2) is 34.7 Å². The number of carbonyl (C=O) groups excluding carboxylic acids is 1. The molecule has 1 aromatic heterocycles. The van der Waals surface area contributed by atoms with Gasteiger partial charge < -0.3 is 9.73 Å². The van der Waals surface area contributed by atoms with Gasteiger partial charge in [0, 0.05) is 6.26 Å². The largest absolute Gasteiger partial charge is 0.466 e. The van der Waals surface area contributed by atoms with E-state index >= 15 is 0 Å². The van der Waals surface area contributed by atoms with Crippen molar-refractivity contribution >= 4 is 15.7 Å². The third-order valence-electron chi connectivity index (χ3n) is 4.15. The number of rotatable bonds is 5. The highest BCUT2D eigenvalue weighted by Crippen LogP contribution is 2.24. The molecular formula is C18H23NO4S. The molecule has 0 radical (unpaired) electrons. The maximum Gasteiger partial charge on any atom is 0.255 e. The average Bonchev–Trinajstić information content (AvgIpc) is 2.83. The van der Waals surface area contributed by atoms with Gasteiger partial charge in [-0.3, -0.25) is 4.79 Å². The molecule has 0 fully saturated rings. The predicted octanol–water partition coefficient (Wildman–Crippen LogP) is 3.11. The molecule has 1 aromatic carbocycles. The molecule has 0 aliphatic rings. The van der Waals surface area contributed by atoms with Crippen LogP contribution in [0.2, 0.25) is 0 Å². The number of sulfone groups is 1. The Balaban J connectivity index is 2.37. The van der Waals surface area contributed by atoms with E-state index in [-0.39, 0.29) is 5.91 Å². The highest BCUT2D eigenvalue weighted by atomic mass is 32.2. The summed E-state index contributed by atoms with van der Waals surface area (Å²) in [7, 11) is -3.33. The minimum absolute atomic E-state index is 0.342. The Morgan fingerprint density at radius 2 is 1.71 bits per heavy atom. The van der Waals surface area contributed by atoms with Crippen LogP contribution in [0.3, 0.4) is 0 Å². The van der Waals surface area contributed by atoms with E-state index < -0.39 is 21.1 Å². The normalized spacial score (nSPS) is 14.2. The Bertz CT molecular complexity index is 834. The highest BCUT2D eigenvalue weighted by Gasteiger charge is 2.30. The van der Waals surface area contributed by atoms with E-state index in [2.05, 4.69) is 5.32 Å². The van der Waals surface area contributed by atoms with E-state index in [0.29, 0.717) is 17.1 Å². The lowest BCUT2D eigenvalue weighted by Crippen LogP contribution is -2.38. The lowest BCUT2D eigenvalue weighted by molar-refractivity contribution is 0.0934. The Kier molecular flexibility index (Phi) is 5.18. The third kappa shape index (κ3) is 4.06. The maximum atomic E-state index is 12.6. The molecule has 24 heavy (non-hydrogen) atoms. The summed E-state index contributed by atoms with van der Waals surface area (Å²) in [5, 5.41) is 2.10. The fourth-order valence-corrected chi connectivity index (χ4v) is 3.29. The second-order valence-corrected chi connectivity index (χ2v) is 8.63. The molecule has 1 heterocycles. The standard InChI is InChI=1S/C18H23NO4S/c1-11-6-8-15(9-7-11)17(14(4)24(5,21)22)19-18(20)16-10-12(2)23-13(16)3/h6-10,14,17H,1-5H3,(H,19,20)/t14-,17+/m1/s1. The highest BCUT2D eigenvalue weighted by molar-refractivity contribution is 7.91. The molecule has 2 rings (SSSR count). The Hall–Kier alpha value is -2.08. The van der Waals surface area contributed by atoms with E-state index in [1.165, 1.54) is 6.26 Å². The van der Waals surface area contributed by atoms with E-state index in [0.717, 1.165) is 11.1 Å². The van der Waals surface area contributed by atoms with Gasteiger partial charge in [-0.2, -0.15) is 0 Å². The van der Waals surface area contributed by atoms with Gasteiger partial charge in [-0.15, -0.1) is 0 Å². The van der Waals surface area contributed by atoms with Crippen molar-refractivity contribution in [2.24, 2.45) is 0 Å². The van der Waals surface area contributed by atoms with Crippen molar-refractivity contribution in [1.82, 2.24) is 5.32 Å². The molecule has 130 valence electrons. The summed E-state index contributed by atoms with van der Waals surface area (Å²) in [5.74, 6) is 0.811.